The summed E-state index contributed by atoms with van der Waals surface area (Å²) >= 11 is 1.62. The van der Waals surface area contributed by atoms with Gasteiger partial charge >= 0.3 is 6.18 Å². The van der Waals surface area contributed by atoms with Gasteiger partial charge in [0.15, 0.2) is 0 Å². The highest BCUT2D eigenvalue weighted by Crippen LogP contribution is 2.65. The predicted octanol–water partition coefficient (Wildman–Crippen LogP) is 5.73. The molecule has 0 amide bonds. The monoisotopic (exact) mass is 630 g/mol. The molecule has 3 fully saturated rings. The van der Waals surface area contributed by atoms with Crippen molar-refractivity contribution in [2.24, 2.45) is 10.8 Å². The number of nitrogens with zero attached hydrogens (tertiary/aromatic N) is 2. The van der Waals surface area contributed by atoms with E-state index < -0.39 is 46.3 Å². The van der Waals surface area contributed by atoms with Gasteiger partial charge in [-0.3, -0.25) is 0 Å². The number of hydrogen-bond acceptors (Lipinski definition) is 7. The van der Waals surface area contributed by atoms with Crippen LogP contribution in [0.25, 0.3) is 0 Å². The standard InChI is InChI=1S/C29H34F4N2O5S2/c1-34-21(6-7-29(31,32)33)14-35(20-4-2-19(30)3-5-20)23-10-25(41-22-12-27(13-22)8-9-27)24(11-26(23)42(34,37)38)40-18-28(15-36)16-39-17-28/h2-5,10-11,21-22,36H,6-9,12-18H2,1H3/t21-/m0/s1. The Morgan fingerprint density at radius 1 is 1.14 bits per heavy atom. The van der Waals surface area contributed by atoms with Crippen molar-refractivity contribution in [3.63, 3.8) is 0 Å². The first-order valence-electron chi connectivity index (χ1n) is 14.1. The van der Waals surface area contributed by atoms with Crippen LogP contribution in [0.3, 0.4) is 0 Å². The summed E-state index contributed by atoms with van der Waals surface area (Å²) in [5.74, 6) is -0.135. The summed E-state index contributed by atoms with van der Waals surface area (Å²) < 4.78 is 94.2. The first-order chi connectivity index (χ1) is 19.8. The highest BCUT2D eigenvalue weighted by molar-refractivity contribution is 8.00. The van der Waals surface area contributed by atoms with E-state index in [4.69, 9.17) is 9.47 Å². The van der Waals surface area contributed by atoms with Gasteiger partial charge in [0.2, 0.25) is 10.0 Å². The van der Waals surface area contributed by atoms with E-state index in [1.807, 2.05) is 0 Å². The van der Waals surface area contributed by atoms with Crippen molar-refractivity contribution in [1.29, 1.82) is 0 Å². The normalized spacial score (nSPS) is 24.4. The molecule has 2 aliphatic carbocycles. The van der Waals surface area contributed by atoms with Crippen molar-refractivity contribution in [3.8, 4) is 5.75 Å². The number of aliphatic hydroxyl groups excluding tert-OH is 1. The van der Waals surface area contributed by atoms with Crippen molar-refractivity contribution in [1.82, 2.24) is 4.31 Å². The summed E-state index contributed by atoms with van der Waals surface area (Å²) in [5, 5.41) is 10.3. The van der Waals surface area contributed by atoms with Crippen LogP contribution in [0.1, 0.15) is 38.5 Å². The lowest BCUT2D eigenvalue weighted by Crippen LogP contribution is -2.50. The molecule has 13 heteroatoms. The minimum absolute atomic E-state index is 0.0494. The molecule has 2 aromatic rings. The molecule has 0 aromatic heterocycles. The SMILES string of the molecule is CN1[C@@H](CCC(F)(F)F)CN(c2ccc(F)cc2)c2cc(SC3CC4(CC4)C3)c(OCC3(CO)COC3)cc2S1(=O)=O. The lowest BCUT2D eigenvalue weighted by atomic mass is 9.81. The molecule has 4 aliphatic rings. The van der Waals surface area contributed by atoms with Gasteiger partial charge in [-0.15, -0.1) is 11.8 Å². The molecule has 7 nitrogen and oxygen atoms in total. The number of ether oxygens (including phenoxy) is 2. The third-order valence-electron chi connectivity index (χ3n) is 9.04. The number of likely N-dealkylation sites (N-methyl/N-ethyl adjacent to an activating group) is 1. The second kappa shape index (κ2) is 10.8. The minimum atomic E-state index is -4.45. The van der Waals surface area contributed by atoms with E-state index in [2.05, 4.69) is 0 Å². The van der Waals surface area contributed by atoms with E-state index in [0.717, 1.165) is 22.0 Å². The summed E-state index contributed by atoms with van der Waals surface area (Å²) in [5.41, 5.74) is 0.632. The average Bonchev–Trinajstić information content (AvgIpc) is 3.70. The first kappa shape index (κ1) is 30.0. The zero-order valence-corrected chi connectivity index (χ0v) is 24.8. The van der Waals surface area contributed by atoms with Gasteiger partial charge < -0.3 is 19.5 Å². The van der Waals surface area contributed by atoms with Crippen LogP contribution in [-0.2, 0) is 14.8 Å². The van der Waals surface area contributed by atoms with Gasteiger partial charge in [0, 0.05) is 43.1 Å². The van der Waals surface area contributed by atoms with Crippen LogP contribution >= 0.6 is 11.8 Å². The fourth-order valence-corrected chi connectivity index (χ4v) is 9.20. The molecule has 2 saturated carbocycles. The maximum atomic E-state index is 14.0. The number of benzene rings is 2. The molecule has 0 unspecified atom stereocenters. The van der Waals surface area contributed by atoms with E-state index in [1.54, 1.807) is 22.7 Å². The quantitative estimate of drug-likeness (QED) is 0.355. The molecular formula is C29H34F4N2O5S2. The number of aliphatic hydroxyl groups is 1. The summed E-state index contributed by atoms with van der Waals surface area (Å²) in [6, 6.07) is 7.70. The van der Waals surface area contributed by atoms with Crippen molar-refractivity contribution in [2.45, 2.75) is 65.8 Å². The molecule has 6 rings (SSSR count). The molecule has 2 aliphatic heterocycles. The van der Waals surface area contributed by atoms with Gasteiger partial charge in [0.25, 0.3) is 0 Å². The average molecular weight is 631 g/mol. The van der Waals surface area contributed by atoms with Crippen molar-refractivity contribution >= 4 is 33.2 Å². The molecular weight excluding hydrogens is 596 g/mol. The smallest absolute Gasteiger partial charge is 0.389 e. The molecule has 1 N–H and O–H groups in total. The Bertz CT molecular complexity index is 1420. The summed E-state index contributed by atoms with van der Waals surface area (Å²) in [7, 11) is -2.96. The second-order valence-electron chi connectivity index (χ2n) is 12.3. The van der Waals surface area contributed by atoms with Crippen LogP contribution in [0.5, 0.6) is 5.75 Å². The number of sulfonamides is 1. The maximum Gasteiger partial charge on any atom is 0.389 e. The van der Waals surface area contributed by atoms with Crippen molar-refractivity contribution < 1.29 is 40.6 Å². The van der Waals surface area contributed by atoms with E-state index in [1.165, 1.54) is 50.2 Å². The maximum absolute atomic E-state index is 14.0. The number of rotatable bonds is 9. The third-order valence-corrected chi connectivity index (χ3v) is 12.2. The van der Waals surface area contributed by atoms with Crippen LogP contribution in [-0.4, -0.2) is 75.3 Å². The predicted molar refractivity (Wildman–Crippen MR) is 150 cm³/mol. The van der Waals surface area contributed by atoms with Gasteiger partial charge in [-0.1, -0.05) is 0 Å². The van der Waals surface area contributed by atoms with Crippen LogP contribution in [0.2, 0.25) is 0 Å². The highest BCUT2D eigenvalue weighted by atomic mass is 32.2. The van der Waals surface area contributed by atoms with Gasteiger partial charge in [-0.2, -0.15) is 17.5 Å². The molecule has 0 radical (unpaired) electrons. The molecule has 2 aromatic carbocycles. The minimum Gasteiger partial charge on any atom is -0.492 e. The highest BCUT2D eigenvalue weighted by Gasteiger charge is 2.53. The van der Waals surface area contributed by atoms with Crippen LogP contribution in [0, 0.1) is 16.6 Å². The summed E-state index contributed by atoms with van der Waals surface area (Å²) in [6.07, 6.45) is -1.47. The Hall–Kier alpha value is -2.06. The number of thioether (sulfide) groups is 1. The van der Waals surface area contributed by atoms with Crippen molar-refractivity contribution in [2.75, 3.05) is 44.9 Å². The summed E-state index contributed by atoms with van der Waals surface area (Å²) in [4.78, 5) is 2.29. The van der Waals surface area contributed by atoms with Gasteiger partial charge in [-0.05, 0) is 67.9 Å². The van der Waals surface area contributed by atoms with Crippen LogP contribution < -0.4 is 9.64 Å². The molecule has 230 valence electrons. The third kappa shape index (κ3) is 5.87. The van der Waals surface area contributed by atoms with E-state index in [9.17, 15) is 31.1 Å². The van der Waals surface area contributed by atoms with Crippen LogP contribution in [0.4, 0.5) is 28.9 Å². The Balaban J connectivity index is 1.43. The molecule has 42 heavy (non-hydrogen) atoms. The number of anilines is 2. The Morgan fingerprint density at radius 3 is 2.40 bits per heavy atom. The summed E-state index contributed by atoms with van der Waals surface area (Å²) in [6.45, 7) is 0.568. The molecule has 1 saturated heterocycles. The Labute approximate surface area is 247 Å². The molecule has 2 heterocycles. The zero-order valence-electron chi connectivity index (χ0n) is 23.2. The zero-order chi connectivity index (χ0) is 29.9. The number of halogens is 4. The van der Waals surface area contributed by atoms with Crippen molar-refractivity contribution in [3.05, 3.63) is 42.2 Å². The van der Waals surface area contributed by atoms with Gasteiger partial charge in [0.1, 0.15) is 23.1 Å². The first-order valence-corrected chi connectivity index (χ1v) is 16.4. The number of fused-ring (bicyclic) bond motifs is 1. The largest absolute Gasteiger partial charge is 0.492 e. The Morgan fingerprint density at radius 2 is 1.83 bits per heavy atom. The lowest BCUT2D eigenvalue weighted by molar-refractivity contribution is -0.153. The fourth-order valence-electron chi connectivity index (χ4n) is 5.99. The molecule has 1 spiro atoms. The van der Waals surface area contributed by atoms with Gasteiger partial charge in [0.05, 0.1) is 35.8 Å². The van der Waals surface area contributed by atoms with E-state index in [0.29, 0.717) is 41.0 Å². The number of hydrogen-bond donors (Lipinski definition) is 1. The van der Waals surface area contributed by atoms with Gasteiger partial charge in [-0.25, -0.2) is 12.8 Å². The fraction of sp³-hybridized carbons (Fsp3) is 0.586. The number of alkyl halides is 3. The lowest BCUT2D eigenvalue weighted by Gasteiger charge is -2.40. The van der Waals surface area contributed by atoms with Crippen LogP contribution in [0.15, 0.2) is 46.2 Å². The van der Waals surface area contributed by atoms with E-state index in [-0.39, 0.29) is 24.7 Å². The topological polar surface area (TPSA) is 79.3 Å². The van der Waals surface area contributed by atoms with E-state index >= 15 is 0 Å². The molecule has 1 atom stereocenters. The second-order valence-corrected chi connectivity index (χ2v) is 15.6. The molecule has 0 bridgehead atoms. The Kier molecular flexibility index (Phi) is 7.73.